The lowest BCUT2D eigenvalue weighted by Gasteiger charge is -2.72. The molecule has 0 nitrogen and oxygen atoms in total. The summed E-state index contributed by atoms with van der Waals surface area (Å²) in [5.41, 5.74) is 3.08. The largest absolute Gasteiger partial charge is 0.0596 e. The van der Waals surface area contributed by atoms with Gasteiger partial charge in [0.1, 0.15) is 0 Å². The zero-order chi connectivity index (χ0) is 19.3. The molecule has 0 aromatic carbocycles. The minimum atomic E-state index is 0.572. The van der Waals surface area contributed by atoms with Gasteiger partial charge in [0.15, 0.2) is 0 Å². The minimum absolute atomic E-state index is 0.572. The third-order valence-electron chi connectivity index (χ3n) is 12.5. The zero-order valence-electron chi connectivity index (χ0n) is 19.3. The third kappa shape index (κ3) is 2.23. The van der Waals surface area contributed by atoms with E-state index in [1.165, 1.54) is 57.8 Å². The van der Waals surface area contributed by atoms with Crippen LogP contribution in [0.4, 0.5) is 0 Å². The molecule has 0 aliphatic heterocycles. The molecule has 5 saturated carbocycles. The van der Waals surface area contributed by atoms with Crippen LogP contribution in [0.3, 0.4) is 0 Å². The molecule has 154 valence electrons. The Hall–Kier alpha value is 0. The van der Waals surface area contributed by atoms with Crippen molar-refractivity contribution in [3.63, 3.8) is 0 Å². The van der Waals surface area contributed by atoms with Crippen LogP contribution in [-0.4, -0.2) is 0 Å². The molecule has 0 aromatic heterocycles. The number of hydrogen-bond acceptors (Lipinski definition) is 0. The highest BCUT2D eigenvalue weighted by Crippen LogP contribution is 2.76. The Labute approximate surface area is 169 Å². The van der Waals surface area contributed by atoms with E-state index in [1.54, 1.807) is 19.3 Å². The molecule has 8 unspecified atom stereocenters. The van der Waals surface area contributed by atoms with E-state index in [1.807, 2.05) is 0 Å². The summed E-state index contributed by atoms with van der Waals surface area (Å²) in [5.74, 6) is 4.02. The van der Waals surface area contributed by atoms with Crippen molar-refractivity contribution in [2.75, 3.05) is 0 Å². The fourth-order valence-corrected chi connectivity index (χ4v) is 11.0. The van der Waals surface area contributed by atoms with E-state index in [9.17, 15) is 0 Å². The van der Waals surface area contributed by atoms with E-state index in [-0.39, 0.29) is 0 Å². The van der Waals surface area contributed by atoms with Gasteiger partial charge in [-0.15, -0.1) is 0 Å². The molecular formula is C27H46. The smallest absolute Gasteiger partial charge is 0.0235 e. The van der Waals surface area contributed by atoms with Crippen molar-refractivity contribution in [3.8, 4) is 0 Å². The van der Waals surface area contributed by atoms with Crippen LogP contribution in [0.2, 0.25) is 0 Å². The highest BCUT2D eigenvalue weighted by atomic mass is 14.7. The maximum atomic E-state index is 2.80. The van der Waals surface area contributed by atoms with Crippen molar-refractivity contribution >= 4 is 0 Å². The molecule has 0 saturated heterocycles. The lowest BCUT2D eigenvalue weighted by Crippen LogP contribution is -2.64. The Morgan fingerprint density at radius 3 is 2.07 bits per heavy atom. The number of fused-ring (bicyclic) bond motifs is 7. The Bertz CT molecular complexity index is 618. The summed E-state index contributed by atoms with van der Waals surface area (Å²) in [6.07, 6.45) is 18.3. The topological polar surface area (TPSA) is 0 Å². The summed E-state index contributed by atoms with van der Waals surface area (Å²) in [6, 6.07) is 0. The van der Waals surface area contributed by atoms with Gasteiger partial charge in [0.2, 0.25) is 0 Å². The van der Waals surface area contributed by atoms with Gasteiger partial charge in [0.05, 0.1) is 0 Å². The monoisotopic (exact) mass is 370 g/mol. The van der Waals surface area contributed by atoms with E-state index >= 15 is 0 Å². The molecule has 5 aliphatic carbocycles. The summed E-state index contributed by atoms with van der Waals surface area (Å²) >= 11 is 0. The van der Waals surface area contributed by atoms with Crippen LogP contribution in [0.25, 0.3) is 0 Å². The summed E-state index contributed by atoms with van der Waals surface area (Å²) in [7, 11) is 0. The van der Waals surface area contributed by atoms with E-state index in [2.05, 4.69) is 41.5 Å². The maximum Gasteiger partial charge on any atom is -0.0235 e. The first-order valence-corrected chi connectivity index (χ1v) is 12.6. The summed E-state index contributed by atoms with van der Waals surface area (Å²) in [6.45, 7) is 16.2. The zero-order valence-corrected chi connectivity index (χ0v) is 19.3. The SMILES string of the molecule is CC1(C)CCCC2(C)C1CCC1(C)C2CCC2C3CCCC3(C)CCC21C. The van der Waals surface area contributed by atoms with Crippen molar-refractivity contribution in [2.24, 2.45) is 50.7 Å². The Balaban J connectivity index is 1.54. The van der Waals surface area contributed by atoms with Crippen molar-refractivity contribution < 1.29 is 0 Å². The molecule has 0 bridgehead atoms. The average molecular weight is 371 g/mol. The second-order valence-corrected chi connectivity index (χ2v) is 13.7. The van der Waals surface area contributed by atoms with Gasteiger partial charge in [-0.2, -0.15) is 0 Å². The van der Waals surface area contributed by atoms with Gasteiger partial charge in [0, 0.05) is 0 Å². The molecule has 27 heavy (non-hydrogen) atoms. The predicted molar refractivity (Wildman–Crippen MR) is 116 cm³/mol. The molecule has 0 N–H and O–H groups in total. The molecule has 0 heteroatoms. The quantitative estimate of drug-likeness (QED) is 0.402. The molecular weight excluding hydrogens is 324 g/mol. The van der Waals surface area contributed by atoms with Crippen molar-refractivity contribution in [1.82, 2.24) is 0 Å². The minimum Gasteiger partial charge on any atom is -0.0596 e. The molecule has 0 radical (unpaired) electrons. The lowest BCUT2D eigenvalue weighted by molar-refractivity contribution is -0.232. The van der Waals surface area contributed by atoms with E-state index < -0.39 is 0 Å². The molecule has 8 atom stereocenters. The first kappa shape index (κ1) is 19.0. The molecule has 0 heterocycles. The molecule has 5 aliphatic rings. The molecule has 0 amide bonds. The molecule has 0 spiro atoms. The van der Waals surface area contributed by atoms with Crippen LogP contribution in [0.15, 0.2) is 0 Å². The Morgan fingerprint density at radius 1 is 0.519 bits per heavy atom. The summed E-state index contributed by atoms with van der Waals surface area (Å²) in [4.78, 5) is 0. The van der Waals surface area contributed by atoms with E-state index in [0.717, 1.165) is 23.7 Å². The average Bonchev–Trinajstić information content (AvgIpc) is 2.97. The van der Waals surface area contributed by atoms with Crippen LogP contribution in [0, 0.1) is 50.7 Å². The van der Waals surface area contributed by atoms with Gasteiger partial charge in [-0.3, -0.25) is 0 Å². The summed E-state index contributed by atoms with van der Waals surface area (Å²) in [5, 5.41) is 0. The highest BCUT2D eigenvalue weighted by Gasteiger charge is 2.68. The van der Waals surface area contributed by atoms with E-state index in [0.29, 0.717) is 27.1 Å². The standard InChI is InChI=1S/C27H46/c1-23(2)13-8-15-25(4)21(23)12-16-27(6)22(25)11-10-20-19-9-7-14-24(19,3)17-18-26(20,27)5/h19-22H,7-18H2,1-6H3. The van der Waals surface area contributed by atoms with Crippen LogP contribution >= 0.6 is 0 Å². The first-order valence-electron chi connectivity index (χ1n) is 12.6. The summed E-state index contributed by atoms with van der Waals surface area (Å²) < 4.78 is 0. The van der Waals surface area contributed by atoms with Gasteiger partial charge in [-0.1, -0.05) is 54.4 Å². The van der Waals surface area contributed by atoms with Crippen LogP contribution in [-0.2, 0) is 0 Å². The van der Waals surface area contributed by atoms with Gasteiger partial charge in [-0.05, 0) is 115 Å². The fraction of sp³-hybridized carbons (Fsp3) is 1.00. The second-order valence-electron chi connectivity index (χ2n) is 13.7. The van der Waals surface area contributed by atoms with Gasteiger partial charge < -0.3 is 0 Å². The van der Waals surface area contributed by atoms with Gasteiger partial charge in [-0.25, -0.2) is 0 Å². The van der Waals surface area contributed by atoms with Crippen molar-refractivity contribution in [2.45, 2.75) is 119 Å². The Kier molecular flexibility index (Phi) is 3.92. The number of hydrogen-bond donors (Lipinski definition) is 0. The normalized spacial score (nSPS) is 59.3. The van der Waals surface area contributed by atoms with Crippen molar-refractivity contribution in [3.05, 3.63) is 0 Å². The predicted octanol–water partition coefficient (Wildman–Crippen LogP) is 8.25. The van der Waals surface area contributed by atoms with Gasteiger partial charge >= 0.3 is 0 Å². The fourth-order valence-electron chi connectivity index (χ4n) is 11.0. The molecule has 5 rings (SSSR count). The van der Waals surface area contributed by atoms with Crippen LogP contribution < -0.4 is 0 Å². The molecule has 5 fully saturated rings. The van der Waals surface area contributed by atoms with Gasteiger partial charge in [0.25, 0.3) is 0 Å². The maximum absolute atomic E-state index is 2.80. The third-order valence-corrected chi connectivity index (χ3v) is 12.5. The highest BCUT2D eigenvalue weighted by molar-refractivity contribution is 5.17. The van der Waals surface area contributed by atoms with Crippen LogP contribution in [0.1, 0.15) is 119 Å². The Morgan fingerprint density at radius 2 is 1.30 bits per heavy atom. The first-order chi connectivity index (χ1) is 12.6. The lowest BCUT2D eigenvalue weighted by atomic mass is 9.33. The van der Waals surface area contributed by atoms with E-state index in [4.69, 9.17) is 0 Å². The van der Waals surface area contributed by atoms with Crippen LogP contribution in [0.5, 0.6) is 0 Å². The molecule has 0 aromatic rings. The number of rotatable bonds is 0. The second kappa shape index (κ2) is 5.57. The van der Waals surface area contributed by atoms with Crippen molar-refractivity contribution in [1.29, 1.82) is 0 Å².